The maximum Gasteiger partial charge on any atom is 0.220 e. The van der Waals surface area contributed by atoms with Crippen molar-refractivity contribution in [1.29, 1.82) is 0 Å². The summed E-state index contributed by atoms with van der Waals surface area (Å²) in [5.41, 5.74) is 7.66. The number of benzene rings is 2. The van der Waals surface area contributed by atoms with Gasteiger partial charge in [0, 0.05) is 11.5 Å². The predicted molar refractivity (Wildman–Crippen MR) is 112 cm³/mol. The van der Waals surface area contributed by atoms with Gasteiger partial charge in [-0.3, -0.25) is 9.69 Å². The number of nitrogens with zero attached hydrogens (tertiary/aromatic N) is 5. The van der Waals surface area contributed by atoms with Gasteiger partial charge in [-0.15, -0.1) is 5.10 Å². The second-order valence-electron chi connectivity index (χ2n) is 7.54. The van der Waals surface area contributed by atoms with Gasteiger partial charge in [0.2, 0.25) is 5.91 Å². The van der Waals surface area contributed by atoms with Crippen LogP contribution in [0.15, 0.2) is 54.6 Å². The molecule has 30 heavy (non-hydrogen) atoms. The lowest BCUT2D eigenvalue weighted by molar-refractivity contribution is -0.123. The summed E-state index contributed by atoms with van der Waals surface area (Å²) in [6.07, 6.45) is 1.45. The smallest absolute Gasteiger partial charge is 0.220 e. The fourth-order valence-electron chi connectivity index (χ4n) is 4.11. The van der Waals surface area contributed by atoms with E-state index in [9.17, 15) is 4.79 Å². The fraction of sp³-hybridized carbons (Fsp3) is 0.364. The molecule has 1 saturated heterocycles. The molecule has 2 heterocycles. The zero-order chi connectivity index (χ0) is 20.9. The molecule has 1 atom stereocenters. The van der Waals surface area contributed by atoms with Crippen LogP contribution in [0.2, 0.25) is 0 Å². The minimum Gasteiger partial charge on any atom is -0.496 e. The minimum absolute atomic E-state index is 0.0834. The molecule has 1 aromatic heterocycles. The Morgan fingerprint density at radius 3 is 2.53 bits per heavy atom. The van der Waals surface area contributed by atoms with Crippen LogP contribution in [0.3, 0.4) is 0 Å². The molecular formula is C22H26N6O2. The number of aromatic nitrogens is 4. The Labute approximate surface area is 175 Å². The second kappa shape index (κ2) is 9.04. The molecular weight excluding hydrogens is 380 g/mol. The van der Waals surface area contributed by atoms with E-state index < -0.39 is 0 Å². The number of para-hydroxylation sites is 1. The quantitative estimate of drug-likeness (QED) is 0.644. The van der Waals surface area contributed by atoms with E-state index in [1.165, 1.54) is 0 Å². The number of nitrogens with two attached hydrogens (primary N) is 1. The fourth-order valence-corrected chi connectivity index (χ4v) is 4.11. The summed E-state index contributed by atoms with van der Waals surface area (Å²) in [6.45, 7) is 2.04. The van der Waals surface area contributed by atoms with Crippen LogP contribution in [0.1, 0.15) is 35.8 Å². The van der Waals surface area contributed by atoms with Crippen LogP contribution in [0, 0.1) is 5.92 Å². The first kappa shape index (κ1) is 20.0. The number of amides is 1. The van der Waals surface area contributed by atoms with Gasteiger partial charge in [0.15, 0.2) is 5.82 Å². The second-order valence-corrected chi connectivity index (χ2v) is 7.54. The molecule has 1 amide bonds. The summed E-state index contributed by atoms with van der Waals surface area (Å²) >= 11 is 0. The van der Waals surface area contributed by atoms with Crippen LogP contribution in [0.5, 0.6) is 5.75 Å². The number of primary amides is 1. The summed E-state index contributed by atoms with van der Waals surface area (Å²) in [6, 6.07) is 17.9. The summed E-state index contributed by atoms with van der Waals surface area (Å²) in [5.74, 6) is 1.23. The molecule has 0 aliphatic carbocycles. The van der Waals surface area contributed by atoms with E-state index in [-0.39, 0.29) is 17.9 Å². The van der Waals surface area contributed by atoms with E-state index >= 15 is 0 Å². The van der Waals surface area contributed by atoms with Crippen molar-refractivity contribution in [3.05, 3.63) is 71.5 Å². The first-order chi connectivity index (χ1) is 14.7. The average molecular weight is 406 g/mol. The van der Waals surface area contributed by atoms with Crippen LogP contribution in [0.4, 0.5) is 0 Å². The normalized spacial score (nSPS) is 16.3. The number of hydrogen-bond donors (Lipinski definition) is 1. The minimum atomic E-state index is -0.225. The number of carbonyl (C=O) groups excluding carboxylic acids is 1. The van der Waals surface area contributed by atoms with Crippen LogP contribution >= 0.6 is 0 Å². The first-order valence-electron chi connectivity index (χ1n) is 10.1. The molecule has 8 heteroatoms. The molecule has 3 aromatic rings. The van der Waals surface area contributed by atoms with Crippen molar-refractivity contribution in [1.82, 2.24) is 25.1 Å². The van der Waals surface area contributed by atoms with Crippen molar-refractivity contribution >= 4 is 5.91 Å². The molecule has 1 aliphatic rings. The Morgan fingerprint density at radius 2 is 1.83 bits per heavy atom. The van der Waals surface area contributed by atoms with Crippen molar-refractivity contribution < 1.29 is 9.53 Å². The van der Waals surface area contributed by atoms with E-state index in [1.807, 2.05) is 47.1 Å². The highest BCUT2D eigenvalue weighted by Gasteiger charge is 2.34. The first-order valence-corrected chi connectivity index (χ1v) is 10.1. The highest BCUT2D eigenvalue weighted by molar-refractivity contribution is 5.76. The van der Waals surface area contributed by atoms with Crippen molar-refractivity contribution in [2.45, 2.75) is 25.4 Å². The number of hydrogen-bond acceptors (Lipinski definition) is 6. The van der Waals surface area contributed by atoms with Crippen LogP contribution in [-0.4, -0.2) is 51.2 Å². The lowest BCUT2D eigenvalue weighted by atomic mass is 9.93. The van der Waals surface area contributed by atoms with E-state index in [1.54, 1.807) is 7.11 Å². The molecule has 1 aliphatic heterocycles. The maximum absolute atomic E-state index is 11.6. The Bertz CT molecular complexity index is 982. The van der Waals surface area contributed by atoms with Crippen molar-refractivity contribution in [2.24, 2.45) is 11.7 Å². The highest BCUT2D eigenvalue weighted by Crippen LogP contribution is 2.36. The van der Waals surface area contributed by atoms with Crippen molar-refractivity contribution in [3.63, 3.8) is 0 Å². The molecule has 156 valence electrons. The predicted octanol–water partition coefficient (Wildman–Crippen LogP) is 2.02. The third-order valence-corrected chi connectivity index (χ3v) is 5.71. The summed E-state index contributed by atoms with van der Waals surface area (Å²) in [7, 11) is 1.67. The van der Waals surface area contributed by atoms with Gasteiger partial charge in [0.25, 0.3) is 0 Å². The standard InChI is InChI=1S/C22H26N6O2/c1-30-19-10-6-5-9-18(19)20(27-13-11-17(12-14-27)21(23)29)22-24-25-26-28(22)15-16-7-3-2-4-8-16/h2-10,17,20H,11-15H2,1H3,(H2,23,29)/t20-/m1/s1. The van der Waals surface area contributed by atoms with E-state index in [0.717, 1.165) is 48.6 Å². The number of tetrazole rings is 1. The van der Waals surface area contributed by atoms with Gasteiger partial charge in [0.1, 0.15) is 11.8 Å². The van der Waals surface area contributed by atoms with Gasteiger partial charge >= 0.3 is 0 Å². The highest BCUT2D eigenvalue weighted by atomic mass is 16.5. The van der Waals surface area contributed by atoms with Crippen LogP contribution in [0.25, 0.3) is 0 Å². The Morgan fingerprint density at radius 1 is 1.13 bits per heavy atom. The molecule has 0 radical (unpaired) electrons. The third kappa shape index (κ3) is 4.18. The van der Waals surface area contributed by atoms with Gasteiger partial charge in [-0.05, 0) is 48.0 Å². The molecule has 1 fully saturated rings. The monoisotopic (exact) mass is 406 g/mol. The van der Waals surface area contributed by atoms with Crippen molar-refractivity contribution in [3.8, 4) is 5.75 Å². The zero-order valence-corrected chi connectivity index (χ0v) is 17.0. The average Bonchev–Trinajstić information content (AvgIpc) is 3.23. The number of ether oxygens (including phenoxy) is 1. The van der Waals surface area contributed by atoms with Crippen LogP contribution < -0.4 is 10.5 Å². The van der Waals surface area contributed by atoms with E-state index in [4.69, 9.17) is 10.5 Å². The number of methoxy groups -OCH3 is 1. The van der Waals surface area contributed by atoms with Crippen LogP contribution in [-0.2, 0) is 11.3 Å². The molecule has 0 bridgehead atoms. The lowest BCUT2D eigenvalue weighted by Gasteiger charge is -2.36. The van der Waals surface area contributed by atoms with Gasteiger partial charge in [-0.1, -0.05) is 48.5 Å². The van der Waals surface area contributed by atoms with E-state index in [2.05, 4.69) is 32.6 Å². The van der Waals surface area contributed by atoms with Gasteiger partial charge < -0.3 is 10.5 Å². The summed E-state index contributed by atoms with van der Waals surface area (Å²) in [5, 5.41) is 12.7. The zero-order valence-electron chi connectivity index (χ0n) is 17.0. The summed E-state index contributed by atoms with van der Waals surface area (Å²) in [4.78, 5) is 13.9. The third-order valence-electron chi connectivity index (χ3n) is 5.71. The van der Waals surface area contributed by atoms with Gasteiger partial charge in [-0.25, -0.2) is 4.68 Å². The topological polar surface area (TPSA) is 99.2 Å². The number of piperidine rings is 1. The maximum atomic E-state index is 11.6. The summed E-state index contributed by atoms with van der Waals surface area (Å²) < 4.78 is 7.49. The Hall–Kier alpha value is -3.26. The molecule has 0 saturated carbocycles. The Balaban J connectivity index is 1.70. The largest absolute Gasteiger partial charge is 0.496 e. The molecule has 2 aromatic carbocycles. The van der Waals surface area contributed by atoms with E-state index in [0.29, 0.717) is 6.54 Å². The SMILES string of the molecule is COc1ccccc1[C@H](c1nnnn1Cc1ccccc1)N1CCC(C(N)=O)CC1. The van der Waals surface area contributed by atoms with Crippen molar-refractivity contribution in [2.75, 3.05) is 20.2 Å². The molecule has 8 nitrogen and oxygen atoms in total. The number of rotatable bonds is 7. The Kier molecular flexibility index (Phi) is 6.04. The molecule has 2 N–H and O–H groups in total. The molecule has 4 rings (SSSR count). The van der Waals surface area contributed by atoms with Gasteiger partial charge in [0.05, 0.1) is 13.7 Å². The molecule has 0 spiro atoms. The number of carbonyl (C=O) groups is 1. The molecule has 0 unspecified atom stereocenters. The van der Waals surface area contributed by atoms with Gasteiger partial charge in [-0.2, -0.15) is 0 Å². The number of likely N-dealkylation sites (tertiary alicyclic amines) is 1. The lowest BCUT2D eigenvalue weighted by Crippen LogP contribution is -2.41.